The Bertz CT molecular complexity index is 677. The summed E-state index contributed by atoms with van der Waals surface area (Å²) in [4.78, 5) is 1.36. The lowest BCUT2D eigenvalue weighted by Gasteiger charge is -2.60. The Morgan fingerprint density at radius 3 is 2.04 bits per heavy atom. The molecular formula is C18H21F4N3. The van der Waals surface area contributed by atoms with Crippen molar-refractivity contribution >= 4 is 11.6 Å². The Kier molecular flexibility index (Phi) is 3.57. The zero-order valence-electron chi connectivity index (χ0n) is 13.7. The molecule has 3 N–H and O–H groups in total. The van der Waals surface area contributed by atoms with E-state index in [0.717, 1.165) is 50.7 Å². The summed E-state index contributed by atoms with van der Waals surface area (Å²) in [6.45, 7) is 0. The summed E-state index contributed by atoms with van der Waals surface area (Å²) in [5.74, 6) is 0.137. The highest BCUT2D eigenvalue weighted by molar-refractivity contribution is 5.95. The van der Waals surface area contributed by atoms with Crippen molar-refractivity contribution in [2.75, 3.05) is 4.90 Å². The number of hydrogen-bond acceptors (Lipinski definition) is 1. The molecule has 0 radical (unpaired) electrons. The second kappa shape index (κ2) is 5.35. The van der Waals surface area contributed by atoms with Crippen molar-refractivity contribution in [3.05, 3.63) is 29.6 Å². The van der Waals surface area contributed by atoms with Gasteiger partial charge in [-0.25, -0.2) is 4.39 Å². The van der Waals surface area contributed by atoms with Gasteiger partial charge in [-0.15, -0.1) is 0 Å². The predicted octanol–water partition coefficient (Wildman–Crippen LogP) is 4.51. The molecule has 0 aromatic heterocycles. The fraction of sp³-hybridized carbons (Fsp3) is 0.611. The summed E-state index contributed by atoms with van der Waals surface area (Å²) in [7, 11) is 0. The lowest BCUT2D eigenvalue weighted by molar-refractivity contribution is -0.137. The number of hydrogen-bond donors (Lipinski definition) is 2. The molecule has 4 aliphatic rings. The van der Waals surface area contributed by atoms with E-state index in [0.29, 0.717) is 23.8 Å². The van der Waals surface area contributed by atoms with Crippen LogP contribution < -0.4 is 10.6 Å². The Hall–Kier alpha value is -1.79. The minimum absolute atomic E-state index is 0.191. The lowest BCUT2D eigenvalue weighted by atomic mass is 9.52. The van der Waals surface area contributed by atoms with E-state index in [-0.39, 0.29) is 11.6 Å². The molecule has 136 valence electrons. The minimum atomic E-state index is -4.70. The van der Waals surface area contributed by atoms with Crippen molar-refractivity contribution in [2.24, 2.45) is 23.5 Å². The number of alkyl halides is 3. The lowest BCUT2D eigenvalue weighted by Crippen LogP contribution is -2.63. The molecule has 0 unspecified atom stereocenters. The molecule has 4 fully saturated rings. The van der Waals surface area contributed by atoms with Crippen molar-refractivity contribution in [1.29, 1.82) is 5.41 Å². The maximum absolute atomic E-state index is 13.5. The summed E-state index contributed by atoms with van der Waals surface area (Å²) in [6.07, 6.45) is 0.947. The average Bonchev–Trinajstić information content (AvgIpc) is 2.45. The SMILES string of the molecule is N=C(N)N(c1ccc(F)cc1C(F)(F)F)C12CC3CC(CC(C3)C1)C2. The zero-order chi connectivity index (χ0) is 18.0. The minimum Gasteiger partial charge on any atom is -0.370 e. The first-order valence-corrected chi connectivity index (χ1v) is 8.69. The van der Waals surface area contributed by atoms with Gasteiger partial charge < -0.3 is 10.6 Å². The molecule has 1 aromatic rings. The number of halogens is 4. The van der Waals surface area contributed by atoms with E-state index in [1.165, 1.54) is 4.90 Å². The number of guanidine groups is 1. The number of nitrogens with one attached hydrogen (secondary N) is 1. The third-order valence-corrected chi connectivity index (χ3v) is 6.23. The van der Waals surface area contributed by atoms with Crippen LogP contribution in [0.2, 0.25) is 0 Å². The van der Waals surface area contributed by atoms with Crippen molar-refractivity contribution in [1.82, 2.24) is 0 Å². The molecule has 4 aliphatic carbocycles. The quantitative estimate of drug-likeness (QED) is 0.466. The number of nitrogens with two attached hydrogens (primary N) is 1. The van der Waals surface area contributed by atoms with Crippen LogP contribution in [0.1, 0.15) is 44.1 Å². The topological polar surface area (TPSA) is 53.1 Å². The molecule has 1 aromatic carbocycles. The molecule has 4 saturated carbocycles. The van der Waals surface area contributed by atoms with Gasteiger partial charge in [0.1, 0.15) is 5.82 Å². The van der Waals surface area contributed by atoms with Gasteiger partial charge in [-0.1, -0.05) is 0 Å². The number of nitrogens with zero attached hydrogens (tertiary/aromatic N) is 1. The van der Waals surface area contributed by atoms with Crippen molar-refractivity contribution in [3.63, 3.8) is 0 Å². The smallest absolute Gasteiger partial charge is 0.370 e. The van der Waals surface area contributed by atoms with Gasteiger partial charge in [-0.05, 0) is 74.5 Å². The highest BCUT2D eigenvalue weighted by Crippen LogP contribution is 2.59. The molecular weight excluding hydrogens is 334 g/mol. The fourth-order valence-corrected chi connectivity index (χ4v) is 5.91. The van der Waals surface area contributed by atoms with Gasteiger partial charge in [0, 0.05) is 5.54 Å². The van der Waals surface area contributed by atoms with Crippen LogP contribution in [0.25, 0.3) is 0 Å². The van der Waals surface area contributed by atoms with Crippen molar-refractivity contribution in [3.8, 4) is 0 Å². The number of anilines is 1. The van der Waals surface area contributed by atoms with E-state index < -0.39 is 23.1 Å². The summed E-state index contributed by atoms with van der Waals surface area (Å²) >= 11 is 0. The van der Waals surface area contributed by atoms with Crippen LogP contribution in [0.5, 0.6) is 0 Å². The monoisotopic (exact) mass is 355 g/mol. The first-order chi connectivity index (χ1) is 11.7. The molecule has 0 saturated heterocycles. The molecule has 0 aliphatic heterocycles. The molecule has 0 atom stereocenters. The first-order valence-electron chi connectivity index (χ1n) is 8.69. The van der Waals surface area contributed by atoms with Gasteiger partial charge in [0.15, 0.2) is 5.96 Å². The summed E-state index contributed by atoms with van der Waals surface area (Å²) in [5, 5.41) is 8.02. The van der Waals surface area contributed by atoms with Crippen LogP contribution in [0.4, 0.5) is 23.2 Å². The molecule has 7 heteroatoms. The average molecular weight is 355 g/mol. The summed E-state index contributed by atoms with van der Waals surface area (Å²) in [6, 6.07) is 2.64. The second-order valence-electron chi connectivity index (χ2n) is 8.02. The van der Waals surface area contributed by atoms with E-state index in [2.05, 4.69) is 0 Å². The Morgan fingerprint density at radius 2 is 1.60 bits per heavy atom. The number of rotatable bonds is 2. The maximum Gasteiger partial charge on any atom is 0.418 e. The van der Waals surface area contributed by atoms with Gasteiger partial charge in [0.25, 0.3) is 0 Å². The molecule has 3 nitrogen and oxygen atoms in total. The zero-order valence-corrected chi connectivity index (χ0v) is 13.7. The predicted molar refractivity (Wildman–Crippen MR) is 86.7 cm³/mol. The molecule has 0 spiro atoms. The Balaban J connectivity index is 1.83. The Morgan fingerprint density at radius 1 is 1.08 bits per heavy atom. The van der Waals surface area contributed by atoms with E-state index in [1.807, 2.05) is 0 Å². The van der Waals surface area contributed by atoms with Gasteiger partial charge in [-0.2, -0.15) is 13.2 Å². The largest absolute Gasteiger partial charge is 0.418 e. The highest BCUT2D eigenvalue weighted by Gasteiger charge is 2.55. The Labute approximate surface area is 143 Å². The maximum atomic E-state index is 13.5. The molecule has 5 rings (SSSR count). The third kappa shape index (κ3) is 2.68. The van der Waals surface area contributed by atoms with Crippen LogP contribution in [-0.4, -0.2) is 11.5 Å². The van der Waals surface area contributed by atoms with Gasteiger partial charge in [0.2, 0.25) is 0 Å². The van der Waals surface area contributed by atoms with Gasteiger partial charge in [0.05, 0.1) is 11.3 Å². The molecule has 0 amide bonds. The second-order valence-corrected chi connectivity index (χ2v) is 8.02. The van der Waals surface area contributed by atoms with Crippen molar-refractivity contribution < 1.29 is 17.6 Å². The van der Waals surface area contributed by atoms with Crippen LogP contribution in [-0.2, 0) is 6.18 Å². The van der Waals surface area contributed by atoms with Crippen LogP contribution in [0, 0.1) is 29.0 Å². The van der Waals surface area contributed by atoms with E-state index in [1.54, 1.807) is 0 Å². The van der Waals surface area contributed by atoms with Crippen LogP contribution in [0.3, 0.4) is 0 Å². The normalized spacial score (nSPS) is 33.5. The number of benzene rings is 1. The fourth-order valence-electron chi connectivity index (χ4n) is 5.91. The molecule has 4 bridgehead atoms. The van der Waals surface area contributed by atoms with Crippen molar-refractivity contribution in [2.45, 2.75) is 50.2 Å². The molecule has 25 heavy (non-hydrogen) atoms. The first kappa shape index (κ1) is 16.7. The summed E-state index contributed by atoms with van der Waals surface area (Å²) in [5.41, 5.74) is 4.00. The van der Waals surface area contributed by atoms with E-state index >= 15 is 0 Å². The standard InChI is InChI=1S/C18H21F4N3/c19-13-1-2-15(14(6-13)18(20,21)22)25(16(23)24)17-7-10-3-11(8-17)5-12(4-10)9-17/h1-2,6,10-12H,3-5,7-9H2,(H3,23,24). The summed E-state index contributed by atoms with van der Waals surface area (Å²) < 4.78 is 54.1. The highest BCUT2D eigenvalue weighted by atomic mass is 19.4. The van der Waals surface area contributed by atoms with Crippen LogP contribution >= 0.6 is 0 Å². The van der Waals surface area contributed by atoms with Gasteiger partial charge >= 0.3 is 6.18 Å². The van der Waals surface area contributed by atoms with E-state index in [9.17, 15) is 17.6 Å². The van der Waals surface area contributed by atoms with Gasteiger partial charge in [-0.3, -0.25) is 5.41 Å². The van der Waals surface area contributed by atoms with Crippen LogP contribution in [0.15, 0.2) is 18.2 Å². The third-order valence-electron chi connectivity index (χ3n) is 6.23. The van der Waals surface area contributed by atoms with E-state index in [4.69, 9.17) is 11.1 Å². The molecule has 0 heterocycles.